The number of likely N-dealkylation sites (tertiary alicyclic amines) is 1. The number of carbonyl (C=O) groups excluding carboxylic acids is 2. The molecular formula is C23H20ClN5O3. The maximum Gasteiger partial charge on any atom is 0.321 e. The van der Waals surface area contributed by atoms with Gasteiger partial charge < -0.3 is 19.6 Å². The number of Topliss-reactive ketones (excluding diaryl/α,β-unsaturated/α-hetero) is 1. The first kappa shape index (κ1) is 20.3. The second-order valence-corrected chi connectivity index (χ2v) is 8.10. The molecule has 0 atom stereocenters. The number of hydrogen-bond donors (Lipinski definition) is 2. The van der Waals surface area contributed by atoms with Gasteiger partial charge in [0.1, 0.15) is 5.82 Å². The van der Waals surface area contributed by atoms with Crippen LogP contribution in [0.15, 0.2) is 53.3 Å². The first-order valence-electron chi connectivity index (χ1n) is 10.3. The summed E-state index contributed by atoms with van der Waals surface area (Å²) < 4.78 is 5.18. The SMILES string of the molecule is O=C(Cc1ccc(Cl)c(-c2nc3ncc(NC(=O)N4CCCC4)cc3[nH]2)c1)c1ccco1. The molecular weight excluding hydrogens is 430 g/mol. The van der Waals surface area contributed by atoms with Crippen LogP contribution in [0.3, 0.4) is 0 Å². The van der Waals surface area contributed by atoms with Crippen molar-refractivity contribution in [2.75, 3.05) is 18.4 Å². The fourth-order valence-electron chi connectivity index (χ4n) is 3.79. The number of rotatable bonds is 5. The number of pyridine rings is 1. The van der Waals surface area contributed by atoms with E-state index in [1.165, 1.54) is 6.26 Å². The zero-order chi connectivity index (χ0) is 22.1. The van der Waals surface area contributed by atoms with Gasteiger partial charge in [-0.25, -0.2) is 14.8 Å². The van der Waals surface area contributed by atoms with Gasteiger partial charge in [0.15, 0.2) is 11.4 Å². The Morgan fingerprint density at radius 3 is 2.81 bits per heavy atom. The van der Waals surface area contributed by atoms with Gasteiger partial charge in [-0.1, -0.05) is 17.7 Å². The number of imidazole rings is 1. The van der Waals surface area contributed by atoms with Gasteiger partial charge in [0.2, 0.25) is 5.78 Å². The molecule has 4 heterocycles. The van der Waals surface area contributed by atoms with Crippen LogP contribution in [0.5, 0.6) is 0 Å². The summed E-state index contributed by atoms with van der Waals surface area (Å²) in [5, 5.41) is 3.39. The minimum absolute atomic E-state index is 0.118. The minimum Gasteiger partial charge on any atom is -0.461 e. The fourth-order valence-corrected chi connectivity index (χ4v) is 4.00. The van der Waals surface area contributed by atoms with E-state index in [1.807, 2.05) is 6.07 Å². The van der Waals surface area contributed by atoms with Crippen molar-refractivity contribution in [1.82, 2.24) is 19.9 Å². The number of nitrogens with one attached hydrogen (secondary N) is 2. The third kappa shape index (κ3) is 4.09. The number of halogens is 1. The second-order valence-electron chi connectivity index (χ2n) is 7.70. The smallest absolute Gasteiger partial charge is 0.321 e. The Kier molecular flexibility index (Phi) is 5.36. The summed E-state index contributed by atoms with van der Waals surface area (Å²) in [4.78, 5) is 38.6. The molecule has 4 aromatic rings. The molecule has 5 rings (SSSR count). The molecule has 0 unspecified atom stereocenters. The number of hydrogen-bond acceptors (Lipinski definition) is 5. The summed E-state index contributed by atoms with van der Waals surface area (Å²) in [5.74, 6) is 0.735. The summed E-state index contributed by atoms with van der Waals surface area (Å²) >= 11 is 6.42. The maximum atomic E-state index is 12.4. The molecule has 1 fully saturated rings. The molecule has 32 heavy (non-hydrogen) atoms. The summed E-state index contributed by atoms with van der Waals surface area (Å²) in [6.07, 6.45) is 5.30. The Hall–Kier alpha value is -3.65. The van der Waals surface area contributed by atoms with Gasteiger partial charge >= 0.3 is 6.03 Å². The third-order valence-corrected chi connectivity index (χ3v) is 5.76. The summed E-state index contributed by atoms with van der Waals surface area (Å²) in [7, 11) is 0. The first-order chi connectivity index (χ1) is 15.6. The van der Waals surface area contributed by atoms with Crippen LogP contribution >= 0.6 is 11.6 Å². The van der Waals surface area contributed by atoms with Crippen LogP contribution < -0.4 is 5.32 Å². The van der Waals surface area contributed by atoms with Gasteiger partial charge in [0.25, 0.3) is 0 Å². The fraction of sp³-hybridized carbons (Fsp3) is 0.217. The Labute approximate surface area is 188 Å². The molecule has 9 heteroatoms. The normalized spacial score (nSPS) is 13.6. The lowest BCUT2D eigenvalue weighted by Crippen LogP contribution is -2.32. The van der Waals surface area contributed by atoms with Crippen molar-refractivity contribution in [3.05, 3.63) is 65.2 Å². The summed E-state index contributed by atoms with van der Waals surface area (Å²) in [6, 6.07) is 10.4. The van der Waals surface area contributed by atoms with Crippen molar-refractivity contribution >= 4 is 40.3 Å². The van der Waals surface area contributed by atoms with Gasteiger partial charge in [-0.05, 0) is 48.7 Å². The molecule has 0 spiro atoms. The summed E-state index contributed by atoms with van der Waals surface area (Å²) in [5.41, 5.74) is 3.22. The van der Waals surface area contributed by atoms with Gasteiger partial charge in [-0.3, -0.25) is 4.79 Å². The van der Waals surface area contributed by atoms with Gasteiger partial charge in [0.05, 0.1) is 28.7 Å². The lowest BCUT2D eigenvalue weighted by Gasteiger charge is -2.15. The molecule has 1 aromatic carbocycles. The number of H-pyrrole nitrogens is 1. The highest BCUT2D eigenvalue weighted by Crippen LogP contribution is 2.29. The number of furan rings is 1. The van der Waals surface area contributed by atoms with Crippen molar-refractivity contribution in [3.8, 4) is 11.4 Å². The number of benzene rings is 1. The Morgan fingerprint density at radius 2 is 2.03 bits per heavy atom. The number of aromatic amines is 1. The van der Waals surface area contributed by atoms with Crippen LogP contribution in [0.2, 0.25) is 5.02 Å². The van der Waals surface area contributed by atoms with Crippen LogP contribution in [0.4, 0.5) is 10.5 Å². The molecule has 3 aromatic heterocycles. The van der Waals surface area contributed by atoms with E-state index in [1.54, 1.807) is 41.4 Å². The van der Waals surface area contributed by atoms with Crippen LogP contribution in [-0.2, 0) is 6.42 Å². The number of nitrogens with zero attached hydrogens (tertiary/aromatic N) is 3. The Morgan fingerprint density at radius 1 is 1.19 bits per heavy atom. The first-order valence-corrected chi connectivity index (χ1v) is 10.7. The van der Waals surface area contributed by atoms with Crippen molar-refractivity contribution < 1.29 is 14.0 Å². The monoisotopic (exact) mass is 449 g/mol. The van der Waals surface area contributed by atoms with Crippen molar-refractivity contribution in [2.45, 2.75) is 19.3 Å². The molecule has 8 nitrogen and oxygen atoms in total. The number of amides is 2. The Bertz CT molecular complexity index is 1290. The number of carbonyl (C=O) groups is 2. The number of fused-ring (bicyclic) bond motifs is 1. The van der Waals surface area contributed by atoms with E-state index in [2.05, 4.69) is 20.3 Å². The van der Waals surface area contributed by atoms with Crippen LogP contribution in [-0.4, -0.2) is 44.8 Å². The highest BCUT2D eigenvalue weighted by atomic mass is 35.5. The number of urea groups is 1. The molecule has 0 saturated carbocycles. The van der Waals surface area contributed by atoms with Gasteiger partial charge in [-0.15, -0.1) is 0 Å². The molecule has 0 aliphatic carbocycles. The molecule has 0 bridgehead atoms. The molecule has 162 valence electrons. The number of ketones is 1. The second kappa shape index (κ2) is 8.47. The van der Waals surface area contributed by atoms with Crippen molar-refractivity contribution in [3.63, 3.8) is 0 Å². The topological polar surface area (TPSA) is 104 Å². The minimum atomic E-state index is -0.125. The number of anilines is 1. The zero-order valence-electron chi connectivity index (χ0n) is 17.1. The van der Waals surface area contributed by atoms with E-state index in [-0.39, 0.29) is 18.2 Å². The van der Waals surface area contributed by atoms with Crippen molar-refractivity contribution in [1.29, 1.82) is 0 Å². The third-order valence-electron chi connectivity index (χ3n) is 5.43. The number of aromatic nitrogens is 3. The predicted molar refractivity (Wildman–Crippen MR) is 121 cm³/mol. The molecule has 1 saturated heterocycles. The van der Waals surface area contributed by atoms with E-state index in [0.717, 1.165) is 31.5 Å². The van der Waals surface area contributed by atoms with Gasteiger partial charge in [-0.2, -0.15) is 0 Å². The van der Waals surface area contributed by atoms with E-state index < -0.39 is 0 Å². The van der Waals surface area contributed by atoms with E-state index >= 15 is 0 Å². The lowest BCUT2D eigenvalue weighted by atomic mass is 10.0. The molecule has 2 amide bonds. The highest BCUT2D eigenvalue weighted by Gasteiger charge is 2.19. The van der Waals surface area contributed by atoms with Crippen LogP contribution in [0.25, 0.3) is 22.6 Å². The maximum absolute atomic E-state index is 12.4. The summed E-state index contributed by atoms with van der Waals surface area (Å²) in [6.45, 7) is 1.54. The van der Waals surface area contributed by atoms with Crippen LogP contribution in [0, 0.1) is 0 Å². The Balaban J connectivity index is 1.39. The predicted octanol–water partition coefficient (Wildman–Crippen LogP) is 4.92. The highest BCUT2D eigenvalue weighted by molar-refractivity contribution is 6.33. The van der Waals surface area contributed by atoms with E-state index in [0.29, 0.717) is 39.0 Å². The van der Waals surface area contributed by atoms with Gasteiger partial charge in [0, 0.05) is 25.1 Å². The molecule has 2 N–H and O–H groups in total. The van der Waals surface area contributed by atoms with E-state index in [4.69, 9.17) is 16.0 Å². The molecule has 0 radical (unpaired) electrons. The zero-order valence-corrected chi connectivity index (χ0v) is 17.9. The average Bonchev–Trinajstić information content (AvgIpc) is 3.55. The largest absolute Gasteiger partial charge is 0.461 e. The molecule has 1 aliphatic rings. The van der Waals surface area contributed by atoms with Crippen LogP contribution in [0.1, 0.15) is 29.0 Å². The average molecular weight is 450 g/mol. The van der Waals surface area contributed by atoms with E-state index in [9.17, 15) is 9.59 Å². The quantitative estimate of drug-likeness (QED) is 0.420. The standard InChI is InChI=1S/C23H20ClN5O3/c24-17-6-5-14(11-19(30)20-4-3-9-32-20)10-16(17)21-27-18-12-15(13-25-22(18)28-21)26-23(31)29-7-1-2-8-29/h3-6,9-10,12-13H,1-2,7-8,11H2,(H,26,31)(H,25,27,28). The van der Waals surface area contributed by atoms with Crippen molar-refractivity contribution in [2.24, 2.45) is 0 Å². The lowest BCUT2D eigenvalue weighted by molar-refractivity contribution is 0.0966. The molecule has 1 aliphatic heterocycles.